The van der Waals surface area contributed by atoms with Crippen LogP contribution in [0.15, 0.2) is 23.8 Å². The zero-order chi connectivity index (χ0) is 15.7. The van der Waals surface area contributed by atoms with Crippen molar-refractivity contribution in [1.29, 1.82) is 0 Å². The van der Waals surface area contributed by atoms with Crippen molar-refractivity contribution in [2.45, 2.75) is 13.5 Å². The zero-order valence-electron chi connectivity index (χ0n) is 13.1. The molecule has 0 N–H and O–H groups in total. The summed E-state index contributed by atoms with van der Waals surface area (Å²) in [6, 6.07) is 1.85. The largest absolute Gasteiger partial charge is 0.380 e. The van der Waals surface area contributed by atoms with Crippen molar-refractivity contribution in [2.75, 3.05) is 37.8 Å². The Kier molecular flexibility index (Phi) is 4.00. The van der Waals surface area contributed by atoms with E-state index in [1.807, 2.05) is 13.0 Å². The predicted molar refractivity (Wildman–Crippen MR) is 87.5 cm³/mol. The minimum Gasteiger partial charge on any atom is -0.380 e. The molecule has 0 aliphatic carbocycles. The van der Waals surface area contributed by atoms with Gasteiger partial charge in [0.15, 0.2) is 0 Å². The molecule has 2 aliphatic rings. The van der Waals surface area contributed by atoms with Crippen molar-refractivity contribution in [1.82, 2.24) is 15.0 Å². The van der Waals surface area contributed by atoms with Gasteiger partial charge in [-0.15, -0.1) is 11.3 Å². The average Bonchev–Trinajstić information content (AvgIpc) is 3.22. The van der Waals surface area contributed by atoms with E-state index in [2.05, 4.69) is 25.2 Å². The highest BCUT2D eigenvalue weighted by Crippen LogP contribution is 2.42. The van der Waals surface area contributed by atoms with Gasteiger partial charge in [0, 0.05) is 42.2 Å². The smallest absolute Gasteiger partial charge is 0.225 e. The van der Waals surface area contributed by atoms with Crippen LogP contribution in [0.1, 0.15) is 10.7 Å². The molecule has 0 aromatic carbocycles. The first kappa shape index (κ1) is 15.0. The summed E-state index contributed by atoms with van der Waals surface area (Å²) in [5.41, 5.74) is 1.06. The summed E-state index contributed by atoms with van der Waals surface area (Å²) in [5, 5.41) is 3.14. The van der Waals surface area contributed by atoms with Crippen molar-refractivity contribution in [3.63, 3.8) is 0 Å². The van der Waals surface area contributed by atoms with Gasteiger partial charge in [-0.1, -0.05) is 0 Å². The molecule has 0 spiro atoms. The molecule has 2 atom stereocenters. The second kappa shape index (κ2) is 6.14. The van der Waals surface area contributed by atoms with Gasteiger partial charge in [-0.3, -0.25) is 0 Å². The van der Waals surface area contributed by atoms with Crippen LogP contribution in [0.3, 0.4) is 0 Å². The summed E-state index contributed by atoms with van der Waals surface area (Å²) in [6.07, 6.45) is 3.58. The normalized spacial score (nSPS) is 26.7. The van der Waals surface area contributed by atoms with Crippen LogP contribution in [-0.2, 0) is 16.1 Å². The quantitative estimate of drug-likeness (QED) is 0.833. The topological polar surface area (TPSA) is 60.4 Å². The highest BCUT2D eigenvalue weighted by molar-refractivity contribution is 7.09. The zero-order valence-corrected chi connectivity index (χ0v) is 14.0. The fourth-order valence-electron chi connectivity index (χ4n) is 3.48. The maximum Gasteiger partial charge on any atom is 0.225 e. The molecule has 2 saturated heterocycles. The van der Waals surface area contributed by atoms with E-state index in [4.69, 9.17) is 9.47 Å². The lowest BCUT2D eigenvalue weighted by Gasteiger charge is -2.26. The Balaban J connectivity index is 1.41. The number of nitrogens with zero attached hydrogens (tertiary/aromatic N) is 4. The first-order chi connectivity index (χ1) is 11.3. The van der Waals surface area contributed by atoms with Gasteiger partial charge < -0.3 is 14.4 Å². The Labute approximate surface area is 139 Å². The molecule has 0 saturated carbocycles. The molecule has 4 heterocycles. The van der Waals surface area contributed by atoms with E-state index in [9.17, 15) is 0 Å². The summed E-state index contributed by atoms with van der Waals surface area (Å²) >= 11 is 1.66. The van der Waals surface area contributed by atoms with E-state index in [0.717, 1.165) is 43.0 Å². The number of rotatable bonds is 5. The van der Waals surface area contributed by atoms with Crippen LogP contribution in [0.5, 0.6) is 0 Å². The molecule has 4 rings (SSSR count). The molecule has 2 aromatic rings. The summed E-state index contributed by atoms with van der Waals surface area (Å²) in [6.45, 7) is 6.64. The summed E-state index contributed by atoms with van der Waals surface area (Å²) in [4.78, 5) is 15.5. The van der Waals surface area contributed by atoms with Gasteiger partial charge in [0.2, 0.25) is 5.95 Å². The lowest BCUT2D eigenvalue weighted by molar-refractivity contribution is 0.0252. The van der Waals surface area contributed by atoms with E-state index >= 15 is 0 Å². The number of anilines is 1. The van der Waals surface area contributed by atoms with Crippen molar-refractivity contribution in [3.05, 3.63) is 34.5 Å². The van der Waals surface area contributed by atoms with Gasteiger partial charge in [0.25, 0.3) is 0 Å². The standard InChI is InChI=1S/C16H20N4O2S/c1-12-19-14(8-23-12)7-22-11-16-9-20(5-13(16)6-21-10-16)15-17-3-2-4-18-15/h2-4,8,13H,5-7,9-11H2,1H3/t13-,16+/m1/s1. The van der Waals surface area contributed by atoms with Crippen LogP contribution in [0.2, 0.25) is 0 Å². The molecule has 0 radical (unpaired) electrons. The van der Waals surface area contributed by atoms with E-state index in [0.29, 0.717) is 19.1 Å². The molecule has 6 nitrogen and oxygen atoms in total. The van der Waals surface area contributed by atoms with E-state index in [-0.39, 0.29) is 5.41 Å². The number of hydrogen-bond acceptors (Lipinski definition) is 7. The number of fused-ring (bicyclic) bond motifs is 1. The molecule has 23 heavy (non-hydrogen) atoms. The van der Waals surface area contributed by atoms with Gasteiger partial charge in [-0.05, 0) is 13.0 Å². The van der Waals surface area contributed by atoms with Crippen LogP contribution in [-0.4, -0.2) is 47.9 Å². The summed E-state index contributed by atoms with van der Waals surface area (Å²) in [7, 11) is 0. The highest BCUT2D eigenvalue weighted by Gasteiger charge is 2.51. The first-order valence-electron chi connectivity index (χ1n) is 7.84. The van der Waals surface area contributed by atoms with Crippen molar-refractivity contribution >= 4 is 17.3 Å². The average molecular weight is 332 g/mol. The van der Waals surface area contributed by atoms with Crippen LogP contribution in [0, 0.1) is 18.3 Å². The lowest BCUT2D eigenvalue weighted by Crippen LogP contribution is -2.36. The van der Waals surface area contributed by atoms with Crippen molar-refractivity contribution < 1.29 is 9.47 Å². The Hall–Kier alpha value is -1.57. The Morgan fingerprint density at radius 1 is 1.43 bits per heavy atom. The van der Waals surface area contributed by atoms with Crippen LogP contribution in [0.4, 0.5) is 5.95 Å². The summed E-state index contributed by atoms with van der Waals surface area (Å²) in [5.74, 6) is 1.28. The molecule has 7 heteroatoms. The molecule has 0 unspecified atom stereocenters. The molecular weight excluding hydrogens is 312 g/mol. The van der Waals surface area contributed by atoms with Gasteiger partial charge >= 0.3 is 0 Å². The predicted octanol–water partition coefficient (Wildman–Crippen LogP) is 1.91. The minimum atomic E-state index is 0.0459. The van der Waals surface area contributed by atoms with Crippen molar-refractivity contribution in [2.24, 2.45) is 11.3 Å². The molecule has 2 fully saturated rings. The fraction of sp³-hybridized carbons (Fsp3) is 0.562. The Bertz CT molecular complexity index is 665. The SMILES string of the molecule is Cc1nc(COC[C@]23COC[C@H]2CN(c2ncccn2)C3)cs1. The highest BCUT2D eigenvalue weighted by atomic mass is 32.1. The van der Waals surface area contributed by atoms with Gasteiger partial charge in [-0.25, -0.2) is 15.0 Å². The number of hydrogen-bond donors (Lipinski definition) is 0. The number of thiazole rings is 1. The Morgan fingerprint density at radius 3 is 3.09 bits per heavy atom. The minimum absolute atomic E-state index is 0.0459. The van der Waals surface area contributed by atoms with Crippen LogP contribution < -0.4 is 4.90 Å². The third-order valence-electron chi connectivity index (χ3n) is 4.66. The molecule has 2 aromatic heterocycles. The lowest BCUT2D eigenvalue weighted by atomic mass is 9.82. The van der Waals surface area contributed by atoms with Gasteiger partial charge in [0.05, 0.1) is 37.1 Å². The second-order valence-electron chi connectivity index (χ2n) is 6.35. The van der Waals surface area contributed by atoms with Gasteiger partial charge in [0.1, 0.15) is 0 Å². The first-order valence-corrected chi connectivity index (χ1v) is 8.72. The third kappa shape index (κ3) is 2.96. The number of aryl methyl sites for hydroxylation is 1. The van der Waals surface area contributed by atoms with E-state index in [1.165, 1.54) is 0 Å². The molecule has 0 amide bonds. The monoisotopic (exact) mass is 332 g/mol. The number of aromatic nitrogens is 3. The van der Waals surface area contributed by atoms with Crippen molar-refractivity contribution in [3.8, 4) is 0 Å². The molecular formula is C16H20N4O2S. The van der Waals surface area contributed by atoms with Crippen LogP contribution >= 0.6 is 11.3 Å². The van der Waals surface area contributed by atoms with Crippen LogP contribution in [0.25, 0.3) is 0 Å². The maximum atomic E-state index is 6.00. The fourth-order valence-corrected chi connectivity index (χ4v) is 4.07. The summed E-state index contributed by atoms with van der Waals surface area (Å²) < 4.78 is 11.7. The molecule has 0 bridgehead atoms. The molecule has 122 valence electrons. The number of ether oxygens (including phenoxy) is 2. The Morgan fingerprint density at radius 2 is 2.30 bits per heavy atom. The maximum absolute atomic E-state index is 6.00. The van der Waals surface area contributed by atoms with E-state index in [1.54, 1.807) is 23.7 Å². The second-order valence-corrected chi connectivity index (χ2v) is 7.42. The molecule has 2 aliphatic heterocycles. The van der Waals surface area contributed by atoms with E-state index < -0.39 is 0 Å². The third-order valence-corrected chi connectivity index (χ3v) is 5.48. The van der Waals surface area contributed by atoms with Gasteiger partial charge in [-0.2, -0.15) is 0 Å².